The van der Waals surface area contributed by atoms with Crippen molar-refractivity contribution in [3.8, 4) is 5.75 Å². The van der Waals surface area contributed by atoms with Gasteiger partial charge in [0.25, 0.3) is 0 Å². The van der Waals surface area contributed by atoms with Crippen LogP contribution in [0.3, 0.4) is 0 Å². The average Bonchev–Trinajstić information content (AvgIpc) is 2.65. The van der Waals surface area contributed by atoms with Crippen molar-refractivity contribution in [2.75, 3.05) is 24.2 Å². The van der Waals surface area contributed by atoms with E-state index < -0.39 is 10.0 Å². The Morgan fingerprint density at radius 2 is 1.75 bits per heavy atom. The van der Waals surface area contributed by atoms with Crippen molar-refractivity contribution in [1.29, 1.82) is 0 Å². The van der Waals surface area contributed by atoms with Crippen molar-refractivity contribution < 1.29 is 17.9 Å². The van der Waals surface area contributed by atoms with Gasteiger partial charge in [0.2, 0.25) is 15.9 Å². The zero-order valence-corrected chi connectivity index (χ0v) is 17.8. The molecule has 0 radical (unpaired) electrons. The van der Waals surface area contributed by atoms with Crippen LogP contribution in [-0.4, -0.2) is 34.2 Å². The Morgan fingerprint density at radius 3 is 2.25 bits per heavy atom. The van der Waals surface area contributed by atoms with Crippen LogP contribution in [0.4, 0.5) is 5.69 Å². The predicted octanol–water partition coefficient (Wildman–Crippen LogP) is 3.35. The summed E-state index contributed by atoms with van der Waals surface area (Å²) in [5, 5.41) is 2.95. The number of hydrogen-bond donors (Lipinski definition) is 1. The Labute approximate surface area is 167 Å². The zero-order chi connectivity index (χ0) is 20.9. The highest BCUT2D eigenvalue weighted by molar-refractivity contribution is 7.92. The standard InChI is InChI=1S/C21H28N2O4S/c1-6-20(17-8-7-15(2)16(3)13-17)22-21(24)14-23(28(5,25)26)18-9-11-19(27-4)12-10-18/h7-13,20H,6,14H2,1-5H3,(H,22,24)/t20-/m1/s1. The summed E-state index contributed by atoms with van der Waals surface area (Å²) in [6.07, 6.45) is 1.79. The summed E-state index contributed by atoms with van der Waals surface area (Å²) in [4.78, 5) is 12.6. The van der Waals surface area contributed by atoms with Gasteiger partial charge in [-0.15, -0.1) is 0 Å². The first kappa shape index (κ1) is 21.8. The number of nitrogens with one attached hydrogen (secondary N) is 1. The van der Waals surface area contributed by atoms with Crippen LogP contribution in [0.5, 0.6) is 5.75 Å². The molecular formula is C21H28N2O4S. The molecule has 0 fully saturated rings. The molecule has 0 aliphatic rings. The normalized spacial score (nSPS) is 12.3. The van der Waals surface area contributed by atoms with E-state index in [0.29, 0.717) is 17.9 Å². The third kappa shape index (κ3) is 5.48. The second kappa shape index (κ2) is 9.10. The molecule has 2 rings (SSSR count). The minimum atomic E-state index is -3.62. The lowest BCUT2D eigenvalue weighted by Gasteiger charge is -2.24. The molecule has 0 aromatic heterocycles. The molecule has 0 spiro atoms. The van der Waals surface area contributed by atoms with Gasteiger partial charge < -0.3 is 10.1 Å². The Kier molecular flexibility index (Phi) is 7.07. The Balaban J connectivity index is 2.19. The first-order valence-electron chi connectivity index (χ1n) is 9.14. The average molecular weight is 405 g/mol. The third-order valence-electron chi connectivity index (χ3n) is 4.72. The van der Waals surface area contributed by atoms with Gasteiger partial charge in [0.15, 0.2) is 0 Å². The van der Waals surface area contributed by atoms with Crippen LogP contribution in [0.25, 0.3) is 0 Å². The molecule has 0 heterocycles. The number of rotatable bonds is 8. The highest BCUT2D eigenvalue weighted by Gasteiger charge is 2.22. The summed E-state index contributed by atoms with van der Waals surface area (Å²) >= 11 is 0. The van der Waals surface area contributed by atoms with Gasteiger partial charge in [-0.2, -0.15) is 0 Å². The Hall–Kier alpha value is -2.54. The van der Waals surface area contributed by atoms with Crippen molar-refractivity contribution in [2.24, 2.45) is 0 Å². The Morgan fingerprint density at radius 1 is 1.11 bits per heavy atom. The van der Waals surface area contributed by atoms with Crippen LogP contribution in [0.1, 0.15) is 36.1 Å². The molecule has 6 nitrogen and oxygen atoms in total. The quantitative estimate of drug-likeness (QED) is 0.732. The van der Waals surface area contributed by atoms with Crippen LogP contribution < -0.4 is 14.4 Å². The molecule has 0 saturated heterocycles. The minimum Gasteiger partial charge on any atom is -0.497 e. The number of sulfonamides is 1. The lowest BCUT2D eigenvalue weighted by atomic mass is 9.99. The lowest BCUT2D eigenvalue weighted by molar-refractivity contribution is -0.120. The van der Waals surface area contributed by atoms with E-state index >= 15 is 0 Å². The maximum Gasteiger partial charge on any atom is 0.241 e. The van der Waals surface area contributed by atoms with E-state index in [1.54, 1.807) is 24.3 Å². The number of carbonyl (C=O) groups excluding carboxylic acids is 1. The summed E-state index contributed by atoms with van der Waals surface area (Å²) in [5.41, 5.74) is 3.76. The highest BCUT2D eigenvalue weighted by Crippen LogP contribution is 2.23. The molecule has 2 aromatic rings. The van der Waals surface area contributed by atoms with Crippen molar-refractivity contribution in [3.63, 3.8) is 0 Å². The van der Waals surface area contributed by atoms with Crippen molar-refractivity contribution >= 4 is 21.6 Å². The van der Waals surface area contributed by atoms with Crippen LogP contribution in [-0.2, 0) is 14.8 Å². The largest absolute Gasteiger partial charge is 0.497 e. The molecule has 0 aliphatic carbocycles. The number of benzene rings is 2. The van der Waals surface area contributed by atoms with Gasteiger partial charge in [-0.25, -0.2) is 8.42 Å². The van der Waals surface area contributed by atoms with Crippen LogP contribution in [0.2, 0.25) is 0 Å². The first-order valence-corrected chi connectivity index (χ1v) is 11.0. The molecule has 7 heteroatoms. The summed E-state index contributed by atoms with van der Waals surface area (Å²) < 4.78 is 30.7. The van der Waals surface area contributed by atoms with Gasteiger partial charge >= 0.3 is 0 Å². The molecular weight excluding hydrogens is 376 g/mol. The smallest absolute Gasteiger partial charge is 0.241 e. The predicted molar refractivity (Wildman–Crippen MR) is 112 cm³/mol. The van der Waals surface area contributed by atoms with E-state index in [2.05, 4.69) is 11.4 Å². The highest BCUT2D eigenvalue weighted by atomic mass is 32.2. The van der Waals surface area contributed by atoms with E-state index in [0.717, 1.165) is 21.7 Å². The second-order valence-electron chi connectivity index (χ2n) is 6.84. The van der Waals surface area contributed by atoms with Gasteiger partial charge in [-0.05, 0) is 61.2 Å². The van der Waals surface area contributed by atoms with E-state index in [4.69, 9.17) is 4.74 Å². The summed E-state index contributed by atoms with van der Waals surface area (Å²) in [7, 11) is -2.08. The molecule has 0 unspecified atom stereocenters. The van der Waals surface area contributed by atoms with Crippen LogP contribution in [0, 0.1) is 13.8 Å². The van der Waals surface area contributed by atoms with E-state index in [9.17, 15) is 13.2 Å². The molecule has 0 saturated carbocycles. The molecule has 0 aliphatic heterocycles. The number of hydrogen-bond acceptors (Lipinski definition) is 4. The fourth-order valence-electron chi connectivity index (χ4n) is 2.92. The molecule has 1 N–H and O–H groups in total. The number of carbonyl (C=O) groups is 1. The molecule has 152 valence electrons. The third-order valence-corrected chi connectivity index (χ3v) is 5.87. The number of nitrogens with zero attached hydrogens (tertiary/aromatic N) is 1. The number of ether oxygens (including phenoxy) is 1. The molecule has 0 bridgehead atoms. The lowest BCUT2D eigenvalue weighted by Crippen LogP contribution is -2.41. The molecule has 1 atom stereocenters. The Bertz CT molecular complexity index is 924. The molecule has 28 heavy (non-hydrogen) atoms. The monoisotopic (exact) mass is 404 g/mol. The van der Waals surface area contributed by atoms with Gasteiger partial charge in [0.05, 0.1) is 25.1 Å². The second-order valence-corrected chi connectivity index (χ2v) is 8.75. The van der Waals surface area contributed by atoms with Gasteiger partial charge in [0.1, 0.15) is 12.3 Å². The molecule has 2 aromatic carbocycles. The SMILES string of the molecule is CC[C@@H](NC(=O)CN(c1ccc(OC)cc1)S(C)(=O)=O)c1ccc(C)c(C)c1. The summed E-state index contributed by atoms with van der Waals surface area (Å²) in [5.74, 6) is 0.258. The van der Waals surface area contributed by atoms with Gasteiger partial charge in [-0.1, -0.05) is 25.1 Å². The van der Waals surface area contributed by atoms with Crippen molar-refractivity contribution in [1.82, 2.24) is 5.32 Å². The number of anilines is 1. The zero-order valence-electron chi connectivity index (χ0n) is 17.0. The van der Waals surface area contributed by atoms with Crippen molar-refractivity contribution in [2.45, 2.75) is 33.2 Å². The number of aryl methyl sites for hydroxylation is 2. The van der Waals surface area contributed by atoms with Crippen molar-refractivity contribution in [3.05, 3.63) is 59.2 Å². The molecule has 1 amide bonds. The number of amides is 1. The maximum atomic E-state index is 12.6. The van der Waals surface area contributed by atoms with E-state index in [-0.39, 0.29) is 18.5 Å². The van der Waals surface area contributed by atoms with Crippen LogP contribution >= 0.6 is 0 Å². The minimum absolute atomic E-state index is 0.177. The maximum absolute atomic E-state index is 12.6. The van der Waals surface area contributed by atoms with Gasteiger partial charge in [0, 0.05) is 0 Å². The topological polar surface area (TPSA) is 75.7 Å². The fraction of sp³-hybridized carbons (Fsp3) is 0.381. The van der Waals surface area contributed by atoms with E-state index in [1.807, 2.05) is 32.9 Å². The van der Waals surface area contributed by atoms with Gasteiger partial charge in [-0.3, -0.25) is 9.10 Å². The fourth-order valence-corrected chi connectivity index (χ4v) is 3.78. The first-order chi connectivity index (χ1) is 13.2. The summed E-state index contributed by atoms with van der Waals surface area (Å²) in [6, 6.07) is 12.5. The van der Waals surface area contributed by atoms with Crippen LogP contribution in [0.15, 0.2) is 42.5 Å². The number of methoxy groups -OCH3 is 1. The van der Waals surface area contributed by atoms with E-state index in [1.165, 1.54) is 12.7 Å². The summed E-state index contributed by atoms with van der Waals surface area (Å²) in [6.45, 7) is 5.77.